The summed E-state index contributed by atoms with van der Waals surface area (Å²) in [6.45, 7) is 1.89. The summed E-state index contributed by atoms with van der Waals surface area (Å²) in [6, 6.07) is 13.0. The summed E-state index contributed by atoms with van der Waals surface area (Å²) < 4.78 is 0. The predicted molar refractivity (Wildman–Crippen MR) is 101 cm³/mol. The topological polar surface area (TPSA) is 86.9 Å². The number of para-hydroxylation sites is 1. The molecule has 0 aliphatic rings. The van der Waals surface area contributed by atoms with Gasteiger partial charge in [-0.2, -0.15) is 0 Å². The number of pyridine rings is 1. The third kappa shape index (κ3) is 4.47. The number of benzene rings is 1. The van der Waals surface area contributed by atoms with Crippen LogP contribution < -0.4 is 10.6 Å². The van der Waals surface area contributed by atoms with Crippen molar-refractivity contribution in [2.24, 2.45) is 0 Å². The average Bonchev–Trinajstić information content (AvgIpc) is 3.05. The lowest BCUT2D eigenvalue weighted by molar-refractivity contribution is -0.128. The van der Waals surface area contributed by atoms with E-state index in [0.717, 1.165) is 22.2 Å². The highest BCUT2D eigenvalue weighted by Crippen LogP contribution is 2.19. The number of aromatic nitrogens is 2. The maximum absolute atomic E-state index is 12.6. The summed E-state index contributed by atoms with van der Waals surface area (Å²) in [5.74, 6) is -0.420. The smallest absolute Gasteiger partial charge is 0.242 e. The van der Waals surface area contributed by atoms with Crippen LogP contribution in [0.1, 0.15) is 18.2 Å². The van der Waals surface area contributed by atoms with Gasteiger partial charge in [0.1, 0.15) is 6.04 Å². The second-order valence-corrected chi connectivity index (χ2v) is 6.18. The molecule has 0 radical (unpaired) electrons. The van der Waals surface area contributed by atoms with E-state index in [4.69, 9.17) is 0 Å². The molecular formula is C20H22N4O2. The molecule has 0 saturated heterocycles. The molecule has 3 rings (SSSR count). The van der Waals surface area contributed by atoms with Crippen molar-refractivity contribution < 1.29 is 9.59 Å². The van der Waals surface area contributed by atoms with Crippen molar-refractivity contribution in [3.63, 3.8) is 0 Å². The number of H-pyrrole nitrogens is 1. The van der Waals surface area contributed by atoms with Gasteiger partial charge in [0.25, 0.3) is 0 Å². The number of hydrogen-bond donors (Lipinski definition) is 3. The Morgan fingerprint density at radius 1 is 1.15 bits per heavy atom. The molecule has 2 amide bonds. The van der Waals surface area contributed by atoms with Gasteiger partial charge in [-0.05, 0) is 23.8 Å². The zero-order chi connectivity index (χ0) is 18.4. The van der Waals surface area contributed by atoms with E-state index < -0.39 is 6.04 Å². The normalized spacial score (nSPS) is 11.9. The van der Waals surface area contributed by atoms with Gasteiger partial charge < -0.3 is 15.6 Å². The fourth-order valence-corrected chi connectivity index (χ4v) is 2.96. The van der Waals surface area contributed by atoms with E-state index in [2.05, 4.69) is 20.6 Å². The van der Waals surface area contributed by atoms with E-state index in [1.165, 1.54) is 6.92 Å². The molecule has 26 heavy (non-hydrogen) atoms. The van der Waals surface area contributed by atoms with Crippen LogP contribution in [-0.4, -0.2) is 34.4 Å². The number of nitrogens with zero attached hydrogens (tertiary/aromatic N) is 1. The Labute approximate surface area is 152 Å². The zero-order valence-corrected chi connectivity index (χ0v) is 14.7. The van der Waals surface area contributed by atoms with E-state index in [0.29, 0.717) is 19.4 Å². The van der Waals surface area contributed by atoms with E-state index in [-0.39, 0.29) is 11.8 Å². The Kier molecular flexibility index (Phi) is 5.63. The first-order valence-corrected chi connectivity index (χ1v) is 8.63. The SMILES string of the molecule is CC(=O)N[C@@H](Cc1c[nH]c2ccccc12)C(=O)NCCc1ccccn1. The molecular weight excluding hydrogens is 328 g/mol. The molecule has 0 fully saturated rings. The van der Waals surface area contributed by atoms with Crippen LogP contribution in [-0.2, 0) is 22.4 Å². The van der Waals surface area contributed by atoms with Gasteiger partial charge in [-0.1, -0.05) is 24.3 Å². The molecule has 0 spiro atoms. The van der Waals surface area contributed by atoms with Crippen molar-refractivity contribution in [1.82, 2.24) is 20.6 Å². The molecule has 3 N–H and O–H groups in total. The van der Waals surface area contributed by atoms with Crippen LogP contribution in [0.4, 0.5) is 0 Å². The van der Waals surface area contributed by atoms with Crippen molar-refractivity contribution in [3.8, 4) is 0 Å². The van der Waals surface area contributed by atoms with E-state index in [1.807, 2.05) is 48.7 Å². The molecule has 0 saturated carbocycles. The third-order valence-corrected chi connectivity index (χ3v) is 4.20. The minimum atomic E-state index is -0.615. The summed E-state index contributed by atoms with van der Waals surface area (Å²) >= 11 is 0. The highest BCUT2D eigenvalue weighted by atomic mass is 16.2. The van der Waals surface area contributed by atoms with E-state index in [9.17, 15) is 9.59 Å². The van der Waals surface area contributed by atoms with Crippen LogP contribution in [0, 0.1) is 0 Å². The number of carbonyl (C=O) groups excluding carboxylic acids is 2. The number of fused-ring (bicyclic) bond motifs is 1. The number of nitrogens with one attached hydrogen (secondary N) is 3. The Balaban J connectivity index is 1.65. The minimum absolute atomic E-state index is 0.193. The second kappa shape index (κ2) is 8.29. The van der Waals surface area contributed by atoms with E-state index >= 15 is 0 Å². The molecule has 3 aromatic rings. The lowest BCUT2D eigenvalue weighted by Crippen LogP contribution is -2.47. The fraction of sp³-hybridized carbons (Fsp3) is 0.250. The van der Waals surface area contributed by atoms with Crippen molar-refractivity contribution in [1.29, 1.82) is 0 Å². The van der Waals surface area contributed by atoms with Crippen LogP contribution >= 0.6 is 0 Å². The van der Waals surface area contributed by atoms with Crippen molar-refractivity contribution >= 4 is 22.7 Å². The van der Waals surface area contributed by atoms with Crippen LogP contribution in [0.2, 0.25) is 0 Å². The maximum Gasteiger partial charge on any atom is 0.242 e. The minimum Gasteiger partial charge on any atom is -0.361 e. The molecule has 0 unspecified atom stereocenters. The van der Waals surface area contributed by atoms with Crippen LogP contribution in [0.15, 0.2) is 54.9 Å². The molecule has 134 valence electrons. The summed E-state index contributed by atoms with van der Waals surface area (Å²) in [4.78, 5) is 31.5. The zero-order valence-electron chi connectivity index (χ0n) is 14.7. The summed E-state index contributed by atoms with van der Waals surface area (Å²) in [5, 5.41) is 6.70. The molecule has 1 atom stereocenters. The van der Waals surface area contributed by atoms with Crippen LogP contribution in [0.25, 0.3) is 10.9 Å². The average molecular weight is 350 g/mol. The Morgan fingerprint density at radius 2 is 1.96 bits per heavy atom. The predicted octanol–water partition coefficient (Wildman–Crippen LogP) is 1.97. The van der Waals surface area contributed by atoms with Gasteiger partial charge >= 0.3 is 0 Å². The Bertz CT molecular complexity index is 889. The maximum atomic E-state index is 12.6. The molecule has 6 nitrogen and oxygen atoms in total. The molecule has 2 heterocycles. The van der Waals surface area contributed by atoms with Gasteiger partial charge in [-0.3, -0.25) is 14.6 Å². The van der Waals surface area contributed by atoms with Crippen molar-refractivity contribution in [2.75, 3.05) is 6.54 Å². The van der Waals surface area contributed by atoms with Gasteiger partial charge in [-0.25, -0.2) is 0 Å². The highest BCUT2D eigenvalue weighted by Gasteiger charge is 2.21. The Morgan fingerprint density at radius 3 is 2.73 bits per heavy atom. The van der Waals surface area contributed by atoms with Crippen LogP contribution in [0.3, 0.4) is 0 Å². The quantitative estimate of drug-likeness (QED) is 0.609. The first kappa shape index (κ1) is 17.7. The molecule has 6 heteroatoms. The van der Waals surface area contributed by atoms with Crippen molar-refractivity contribution in [2.45, 2.75) is 25.8 Å². The summed E-state index contributed by atoms with van der Waals surface area (Å²) in [5.41, 5.74) is 2.93. The number of amides is 2. The Hall–Kier alpha value is -3.15. The van der Waals surface area contributed by atoms with Gasteiger partial charge in [0.15, 0.2) is 0 Å². The largest absolute Gasteiger partial charge is 0.361 e. The highest BCUT2D eigenvalue weighted by molar-refractivity contribution is 5.89. The van der Waals surface area contributed by atoms with Crippen LogP contribution in [0.5, 0.6) is 0 Å². The number of aromatic amines is 1. The second-order valence-electron chi connectivity index (χ2n) is 6.18. The van der Waals surface area contributed by atoms with Gasteiger partial charge in [0.2, 0.25) is 11.8 Å². The summed E-state index contributed by atoms with van der Waals surface area (Å²) in [6.07, 6.45) is 4.69. The van der Waals surface area contributed by atoms with Crippen molar-refractivity contribution in [3.05, 3.63) is 66.1 Å². The number of carbonyl (C=O) groups is 2. The van der Waals surface area contributed by atoms with Gasteiger partial charge in [-0.15, -0.1) is 0 Å². The summed E-state index contributed by atoms with van der Waals surface area (Å²) in [7, 11) is 0. The lowest BCUT2D eigenvalue weighted by Gasteiger charge is -2.17. The molecule has 0 aliphatic heterocycles. The first-order chi connectivity index (χ1) is 12.6. The monoisotopic (exact) mass is 350 g/mol. The first-order valence-electron chi connectivity index (χ1n) is 8.63. The standard InChI is InChI=1S/C20H22N4O2/c1-14(25)24-19(12-15-13-23-18-8-3-2-7-17(15)18)20(26)22-11-9-16-6-4-5-10-21-16/h2-8,10,13,19,23H,9,11-12H2,1H3,(H,22,26)(H,24,25)/t19-/m0/s1. The van der Waals surface area contributed by atoms with E-state index in [1.54, 1.807) is 6.20 Å². The number of rotatable bonds is 7. The third-order valence-electron chi connectivity index (χ3n) is 4.20. The fourth-order valence-electron chi connectivity index (χ4n) is 2.96. The number of hydrogen-bond acceptors (Lipinski definition) is 3. The van der Waals surface area contributed by atoms with Gasteiger partial charge in [0, 0.05) is 55.3 Å². The molecule has 2 aromatic heterocycles. The molecule has 0 aliphatic carbocycles. The van der Waals surface area contributed by atoms with Gasteiger partial charge in [0.05, 0.1) is 0 Å². The molecule has 1 aromatic carbocycles. The molecule has 0 bridgehead atoms. The lowest BCUT2D eigenvalue weighted by atomic mass is 10.0.